The van der Waals surface area contributed by atoms with Crippen molar-refractivity contribution in [2.75, 3.05) is 23.3 Å². The molecule has 1 N–H and O–H groups in total. The predicted molar refractivity (Wildman–Crippen MR) is 117 cm³/mol. The van der Waals surface area contributed by atoms with Gasteiger partial charge in [-0.3, -0.25) is 4.79 Å². The molecule has 6 nitrogen and oxygen atoms in total. The van der Waals surface area contributed by atoms with Crippen molar-refractivity contribution in [3.8, 4) is 12.1 Å². The molecule has 0 saturated carbocycles. The second kappa shape index (κ2) is 9.19. The minimum Gasteiger partial charge on any atom is -0.441 e. The summed E-state index contributed by atoms with van der Waals surface area (Å²) in [5.41, 5.74) is 1.56. The molecule has 0 spiro atoms. The Balaban J connectivity index is 1.51. The summed E-state index contributed by atoms with van der Waals surface area (Å²) in [6.45, 7) is 1.92. The third-order valence-electron chi connectivity index (χ3n) is 5.69. The lowest BCUT2D eigenvalue weighted by Crippen LogP contribution is -2.23. The van der Waals surface area contributed by atoms with E-state index in [1.54, 1.807) is 6.07 Å². The van der Waals surface area contributed by atoms with Crippen molar-refractivity contribution in [3.05, 3.63) is 39.5 Å². The molecule has 4 rings (SSSR count). The first-order valence-electron chi connectivity index (χ1n) is 10.5. The molecule has 2 aromatic heterocycles. The molecule has 1 aliphatic heterocycles. The summed E-state index contributed by atoms with van der Waals surface area (Å²) < 4.78 is 5.89. The standard InChI is InChI=1S/C23H24N4O2S/c24-14-16(13-17-9-10-21(29-17)27-11-5-1-2-6-12-27)22(28)26-23-19(15-25)18-7-3-4-8-20(18)30-23/h9-10,13H,1-8,11-12H2,(H,26,28). The summed E-state index contributed by atoms with van der Waals surface area (Å²) in [6, 6.07) is 7.88. The lowest BCUT2D eigenvalue weighted by Gasteiger charge is -2.18. The number of hydrogen-bond acceptors (Lipinski definition) is 6. The van der Waals surface area contributed by atoms with Crippen molar-refractivity contribution < 1.29 is 9.21 Å². The monoisotopic (exact) mass is 420 g/mol. The predicted octanol–water partition coefficient (Wildman–Crippen LogP) is 5.02. The summed E-state index contributed by atoms with van der Waals surface area (Å²) in [6.07, 6.45) is 10.2. The molecule has 1 saturated heterocycles. The smallest absolute Gasteiger partial charge is 0.267 e. The van der Waals surface area contributed by atoms with Gasteiger partial charge in [0.2, 0.25) is 0 Å². The van der Waals surface area contributed by atoms with E-state index in [0.29, 0.717) is 16.3 Å². The number of nitriles is 2. The Morgan fingerprint density at radius 2 is 1.87 bits per heavy atom. The number of anilines is 2. The van der Waals surface area contributed by atoms with Crippen molar-refractivity contribution in [1.29, 1.82) is 10.5 Å². The molecule has 2 aliphatic rings. The fraction of sp³-hybridized carbons (Fsp3) is 0.435. The van der Waals surface area contributed by atoms with Crippen LogP contribution in [0.15, 0.2) is 22.1 Å². The first-order chi connectivity index (χ1) is 14.7. The molecule has 0 aromatic carbocycles. The van der Waals surface area contributed by atoms with Gasteiger partial charge >= 0.3 is 0 Å². The lowest BCUT2D eigenvalue weighted by atomic mass is 9.96. The Morgan fingerprint density at radius 3 is 2.60 bits per heavy atom. The first-order valence-corrected chi connectivity index (χ1v) is 11.3. The van der Waals surface area contributed by atoms with Gasteiger partial charge in [-0.05, 0) is 50.2 Å². The maximum absolute atomic E-state index is 12.7. The summed E-state index contributed by atoms with van der Waals surface area (Å²) in [7, 11) is 0. The summed E-state index contributed by atoms with van der Waals surface area (Å²) >= 11 is 1.45. The van der Waals surface area contributed by atoms with Gasteiger partial charge in [-0.2, -0.15) is 10.5 Å². The zero-order valence-electron chi connectivity index (χ0n) is 16.9. The quantitative estimate of drug-likeness (QED) is 0.554. The second-order valence-electron chi connectivity index (χ2n) is 7.73. The Labute approximate surface area is 180 Å². The van der Waals surface area contributed by atoms with Crippen LogP contribution in [0.4, 0.5) is 10.9 Å². The third kappa shape index (κ3) is 4.27. The van der Waals surface area contributed by atoms with Gasteiger partial charge in [0.25, 0.3) is 5.91 Å². The Bertz CT molecular complexity index is 1040. The molecule has 0 radical (unpaired) electrons. The van der Waals surface area contributed by atoms with E-state index < -0.39 is 5.91 Å². The Hall–Kier alpha value is -3.03. The summed E-state index contributed by atoms with van der Waals surface area (Å²) in [5.74, 6) is 0.741. The highest BCUT2D eigenvalue weighted by molar-refractivity contribution is 7.16. The van der Waals surface area contributed by atoms with Gasteiger partial charge in [0.15, 0.2) is 5.88 Å². The van der Waals surface area contributed by atoms with Crippen LogP contribution >= 0.6 is 11.3 Å². The molecule has 7 heteroatoms. The van der Waals surface area contributed by atoms with Gasteiger partial charge in [-0.25, -0.2) is 0 Å². The molecule has 1 aliphatic carbocycles. The van der Waals surface area contributed by atoms with E-state index in [-0.39, 0.29) is 5.57 Å². The molecule has 3 heterocycles. The highest BCUT2D eigenvalue weighted by Gasteiger charge is 2.23. The zero-order chi connectivity index (χ0) is 20.9. The second-order valence-corrected chi connectivity index (χ2v) is 8.83. The number of rotatable bonds is 4. The van der Waals surface area contributed by atoms with Gasteiger partial charge in [0.05, 0.1) is 5.56 Å². The number of thiophene rings is 1. The molecule has 1 amide bonds. The topological polar surface area (TPSA) is 93.1 Å². The molecular weight excluding hydrogens is 396 g/mol. The average Bonchev–Trinajstić information content (AvgIpc) is 3.26. The highest BCUT2D eigenvalue weighted by Crippen LogP contribution is 2.37. The first kappa shape index (κ1) is 20.3. The number of nitrogens with one attached hydrogen (secondary N) is 1. The van der Waals surface area contributed by atoms with Crippen LogP contribution in [0, 0.1) is 22.7 Å². The Morgan fingerprint density at radius 1 is 1.10 bits per heavy atom. The molecule has 2 aromatic rings. The fourth-order valence-electron chi connectivity index (χ4n) is 4.11. The van der Waals surface area contributed by atoms with E-state index >= 15 is 0 Å². The third-order valence-corrected chi connectivity index (χ3v) is 6.90. The van der Waals surface area contributed by atoms with Crippen molar-refractivity contribution in [3.63, 3.8) is 0 Å². The van der Waals surface area contributed by atoms with Crippen LogP contribution in [-0.2, 0) is 17.6 Å². The Kier molecular flexibility index (Phi) is 6.21. The van der Waals surface area contributed by atoms with Crippen LogP contribution in [0.25, 0.3) is 6.08 Å². The number of carbonyl (C=O) groups excluding carboxylic acids is 1. The van der Waals surface area contributed by atoms with Crippen molar-refractivity contribution >= 4 is 34.2 Å². The minimum atomic E-state index is -0.514. The molecule has 1 fully saturated rings. The van der Waals surface area contributed by atoms with Crippen molar-refractivity contribution in [1.82, 2.24) is 0 Å². The SMILES string of the molecule is N#CC(=Cc1ccc(N2CCCCCC2)o1)C(=O)Nc1sc2c(c1C#N)CCCC2. The zero-order valence-corrected chi connectivity index (χ0v) is 17.7. The maximum Gasteiger partial charge on any atom is 0.267 e. The number of fused-ring (bicyclic) bond motifs is 1. The molecule has 154 valence electrons. The number of nitrogens with zero attached hydrogens (tertiary/aromatic N) is 3. The largest absolute Gasteiger partial charge is 0.441 e. The van der Waals surface area contributed by atoms with E-state index in [4.69, 9.17) is 4.42 Å². The van der Waals surface area contributed by atoms with Gasteiger partial charge in [-0.1, -0.05) is 12.8 Å². The van der Waals surface area contributed by atoms with Crippen LogP contribution in [0.5, 0.6) is 0 Å². The van der Waals surface area contributed by atoms with Gasteiger partial charge in [0.1, 0.15) is 28.5 Å². The molecule has 0 unspecified atom stereocenters. The molecular formula is C23H24N4O2S. The molecule has 0 bridgehead atoms. The maximum atomic E-state index is 12.7. The number of amides is 1. The van der Waals surface area contributed by atoms with E-state index in [2.05, 4.69) is 16.3 Å². The minimum absolute atomic E-state index is 0.0398. The molecule has 30 heavy (non-hydrogen) atoms. The number of hydrogen-bond donors (Lipinski definition) is 1. The van der Waals surface area contributed by atoms with Crippen LogP contribution in [0.3, 0.4) is 0 Å². The van der Waals surface area contributed by atoms with Crippen LogP contribution in [-0.4, -0.2) is 19.0 Å². The van der Waals surface area contributed by atoms with Crippen molar-refractivity contribution in [2.45, 2.75) is 51.4 Å². The number of carbonyl (C=O) groups is 1. The van der Waals surface area contributed by atoms with E-state index in [1.165, 1.54) is 35.1 Å². The van der Waals surface area contributed by atoms with Gasteiger partial charge in [0, 0.05) is 30.1 Å². The van der Waals surface area contributed by atoms with E-state index in [1.807, 2.05) is 12.1 Å². The van der Waals surface area contributed by atoms with Crippen LogP contribution in [0.2, 0.25) is 0 Å². The van der Waals surface area contributed by atoms with E-state index in [0.717, 1.165) is 63.1 Å². The number of aryl methyl sites for hydroxylation is 1. The van der Waals surface area contributed by atoms with Gasteiger partial charge < -0.3 is 14.6 Å². The summed E-state index contributed by atoms with van der Waals surface area (Å²) in [5, 5.41) is 22.4. The van der Waals surface area contributed by atoms with Gasteiger partial charge in [-0.15, -0.1) is 11.3 Å². The van der Waals surface area contributed by atoms with Crippen LogP contribution in [0.1, 0.15) is 60.3 Å². The normalized spacial score (nSPS) is 16.9. The average molecular weight is 421 g/mol. The lowest BCUT2D eigenvalue weighted by molar-refractivity contribution is -0.112. The number of furan rings is 1. The van der Waals surface area contributed by atoms with Crippen molar-refractivity contribution in [2.24, 2.45) is 0 Å². The van der Waals surface area contributed by atoms with Crippen LogP contribution < -0.4 is 10.2 Å². The van der Waals surface area contributed by atoms with E-state index in [9.17, 15) is 15.3 Å². The highest BCUT2D eigenvalue weighted by atomic mass is 32.1. The molecule has 0 atom stereocenters. The fourth-order valence-corrected chi connectivity index (χ4v) is 5.35. The summed E-state index contributed by atoms with van der Waals surface area (Å²) in [4.78, 5) is 16.1.